The molecule has 0 radical (unpaired) electrons. The number of likely N-dealkylation sites (N-methyl/N-ethyl adjacent to an activating group) is 1. The minimum atomic E-state index is 0.0755. The normalized spacial score (nSPS) is 14.8. The van der Waals surface area contributed by atoms with Gasteiger partial charge in [0, 0.05) is 45.3 Å². The van der Waals surface area contributed by atoms with Crippen LogP contribution in [0.4, 0.5) is 0 Å². The average molecular weight is 470 g/mol. The molecule has 0 aliphatic carbocycles. The maximum absolute atomic E-state index is 12.9. The Morgan fingerprint density at radius 1 is 1.06 bits per heavy atom. The molecule has 4 heterocycles. The highest BCUT2D eigenvalue weighted by molar-refractivity contribution is 7.14. The Kier molecular flexibility index (Phi) is 6.54. The van der Waals surface area contributed by atoms with Gasteiger partial charge >= 0.3 is 0 Å². The zero-order valence-electron chi connectivity index (χ0n) is 19.5. The molecule has 5 rings (SSSR count). The molecule has 172 valence electrons. The molecule has 6 nitrogen and oxygen atoms in total. The lowest BCUT2D eigenvalue weighted by Crippen LogP contribution is -2.43. The topological polar surface area (TPSA) is 53.7 Å². The van der Waals surface area contributed by atoms with Crippen molar-refractivity contribution in [3.8, 4) is 11.8 Å². The first-order valence-electron chi connectivity index (χ1n) is 11.5. The van der Waals surface area contributed by atoms with E-state index < -0.39 is 0 Å². The minimum Gasteiger partial charge on any atom is -0.304 e. The van der Waals surface area contributed by atoms with Crippen molar-refractivity contribution in [1.29, 1.82) is 0 Å². The highest BCUT2D eigenvalue weighted by Gasteiger charge is 2.16. The van der Waals surface area contributed by atoms with Crippen LogP contribution in [0.1, 0.15) is 37.1 Å². The Morgan fingerprint density at radius 3 is 2.74 bits per heavy atom. The van der Waals surface area contributed by atoms with Gasteiger partial charge in [-0.05, 0) is 54.6 Å². The van der Waals surface area contributed by atoms with E-state index in [0.717, 1.165) is 49.6 Å². The summed E-state index contributed by atoms with van der Waals surface area (Å²) in [5.41, 5.74) is 5.27. The predicted octanol–water partition coefficient (Wildman–Crippen LogP) is 3.67. The molecule has 1 fully saturated rings. The lowest BCUT2D eigenvalue weighted by atomic mass is 10.0. The number of piperazine rings is 1. The van der Waals surface area contributed by atoms with Crippen LogP contribution in [0.2, 0.25) is 0 Å². The summed E-state index contributed by atoms with van der Waals surface area (Å²) in [5, 5.41) is 0.632. The third-order valence-electron chi connectivity index (χ3n) is 6.26. The van der Waals surface area contributed by atoms with Crippen molar-refractivity contribution in [2.24, 2.45) is 0 Å². The van der Waals surface area contributed by atoms with Gasteiger partial charge in [0.2, 0.25) is 0 Å². The van der Waals surface area contributed by atoms with Crippen LogP contribution in [0.5, 0.6) is 0 Å². The molecule has 1 aliphatic heterocycles. The molecular formula is C27H27N5OS. The maximum Gasteiger partial charge on any atom is 0.178 e. The van der Waals surface area contributed by atoms with E-state index in [1.54, 1.807) is 12.4 Å². The van der Waals surface area contributed by atoms with Crippen molar-refractivity contribution in [3.63, 3.8) is 0 Å². The molecule has 3 aromatic heterocycles. The number of thiazole rings is 1. The standard InChI is InChI=1S/C27H27N5OS/c1-20-15-21(6-7-22(20)19-31-13-11-30(2)12-14-31)16-24(33)25-18-29-27(34-25)9-8-23-17-28-26-5-3-4-10-32(23)26/h3-7,10,15,17-18H,11-14,16,19H2,1-2H3. The number of aromatic nitrogens is 3. The van der Waals surface area contributed by atoms with E-state index in [2.05, 4.69) is 63.8 Å². The summed E-state index contributed by atoms with van der Waals surface area (Å²) in [6, 6.07) is 12.2. The number of fused-ring (bicyclic) bond motifs is 1. The van der Waals surface area contributed by atoms with E-state index in [1.807, 2.05) is 28.8 Å². The minimum absolute atomic E-state index is 0.0755. The fourth-order valence-electron chi connectivity index (χ4n) is 4.17. The van der Waals surface area contributed by atoms with E-state index in [1.165, 1.54) is 22.5 Å². The number of imidazole rings is 1. The monoisotopic (exact) mass is 469 g/mol. The Hall–Kier alpha value is -3.31. The highest BCUT2D eigenvalue weighted by atomic mass is 32.1. The number of rotatable bonds is 5. The smallest absolute Gasteiger partial charge is 0.178 e. The quantitative estimate of drug-likeness (QED) is 0.330. The number of ketones is 1. The van der Waals surface area contributed by atoms with Crippen molar-refractivity contribution in [3.05, 3.63) is 87.3 Å². The van der Waals surface area contributed by atoms with Gasteiger partial charge in [0.05, 0.1) is 17.3 Å². The van der Waals surface area contributed by atoms with Crippen LogP contribution < -0.4 is 0 Å². The van der Waals surface area contributed by atoms with Gasteiger partial charge in [-0.25, -0.2) is 9.97 Å². The second kappa shape index (κ2) is 9.90. The first-order chi connectivity index (χ1) is 16.5. The number of hydrogen-bond acceptors (Lipinski definition) is 6. The summed E-state index contributed by atoms with van der Waals surface area (Å²) < 4.78 is 1.93. The molecule has 1 saturated heterocycles. The number of aryl methyl sites for hydroxylation is 1. The van der Waals surface area contributed by atoms with Gasteiger partial charge in [-0.1, -0.05) is 24.3 Å². The number of pyridine rings is 1. The molecule has 0 unspecified atom stereocenters. The van der Waals surface area contributed by atoms with Gasteiger partial charge in [-0.2, -0.15) is 0 Å². The van der Waals surface area contributed by atoms with Crippen LogP contribution in [0.25, 0.3) is 5.65 Å². The third kappa shape index (κ3) is 5.10. The average Bonchev–Trinajstić information content (AvgIpc) is 3.48. The van der Waals surface area contributed by atoms with E-state index in [-0.39, 0.29) is 5.78 Å². The van der Waals surface area contributed by atoms with Gasteiger partial charge in [0.1, 0.15) is 11.3 Å². The molecule has 0 N–H and O–H groups in total. The molecule has 4 aromatic rings. The van der Waals surface area contributed by atoms with Gasteiger partial charge in [0.25, 0.3) is 0 Å². The molecule has 0 spiro atoms. The van der Waals surface area contributed by atoms with Crippen molar-refractivity contribution in [2.45, 2.75) is 19.9 Å². The summed E-state index contributed by atoms with van der Waals surface area (Å²) >= 11 is 1.34. The number of nitrogens with zero attached hydrogens (tertiary/aromatic N) is 5. The summed E-state index contributed by atoms with van der Waals surface area (Å²) in [6.45, 7) is 7.54. The van der Waals surface area contributed by atoms with Crippen molar-refractivity contribution < 1.29 is 4.79 Å². The van der Waals surface area contributed by atoms with E-state index in [9.17, 15) is 4.79 Å². The number of carbonyl (C=O) groups excluding carboxylic acids is 1. The summed E-state index contributed by atoms with van der Waals surface area (Å²) in [7, 11) is 2.18. The fraction of sp³-hybridized carbons (Fsp3) is 0.296. The second-order valence-electron chi connectivity index (χ2n) is 8.79. The first-order valence-corrected chi connectivity index (χ1v) is 12.3. The van der Waals surface area contributed by atoms with Gasteiger partial charge in [-0.3, -0.25) is 14.1 Å². The molecule has 34 heavy (non-hydrogen) atoms. The number of hydrogen-bond donors (Lipinski definition) is 0. The lowest BCUT2D eigenvalue weighted by molar-refractivity contribution is 0.0996. The predicted molar refractivity (Wildman–Crippen MR) is 135 cm³/mol. The largest absolute Gasteiger partial charge is 0.304 e. The Morgan fingerprint density at radius 2 is 1.91 bits per heavy atom. The maximum atomic E-state index is 12.9. The SMILES string of the molecule is Cc1cc(CC(=O)c2cnc(C#Cc3cnc4ccccn34)s2)ccc1CN1CCN(C)CC1. The molecule has 1 aromatic carbocycles. The summed E-state index contributed by atoms with van der Waals surface area (Å²) in [4.78, 5) is 27.1. The Bertz CT molecular complexity index is 1380. The van der Waals surface area contributed by atoms with Crippen LogP contribution in [-0.2, 0) is 13.0 Å². The third-order valence-corrected chi connectivity index (χ3v) is 7.21. The van der Waals surface area contributed by atoms with Gasteiger partial charge in [0.15, 0.2) is 10.8 Å². The fourth-order valence-corrected chi connectivity index (χ4v) is 4.88. The molecule has 0 saturated carbocycles. The lowest BCUT2D eigenvalue weighted by Gasteiger charge is -2.32. The Balaban J connectivity index is 1.23. The van der Waals surface area contributed by atoms with Gasteiger partial charge < -0.3 is 4.90 Å². The summed E-state index contributed by atoms with van der Waals surface area (Å²) in [6.07, 6.45) is 5.69. The molecule has 0 amide bonds. The van der Waals surface area contributed by atoms with Crippen molar-refractivity contribution >= 4 is 22.8 Å². The molecular weight excluding hydrogens is 442 g/mol. The Labute approximate surface area is 203 Å². The van der Waals surface area contributed by atoms with E-state index >= 15 is 0 Å². The molecule has 1 aliphatic rings. The molecule has 7 heteroatoms. The van der Waals surface area contributed by atoms with Crippen molar-refractivity contribution in [2.75, 3.05) is 33.2 Å². The number of benzene rings is 1. The van der Waals surface area contributed by atoms with Crippen LogP contribution in [-0.4, -0.2) is 63.2 Å². The van der Waals surface area contributed by atoms with E-state index in [0.29, 0.717) is 16.3 Å². The van der Waals surface area contributed by atoms with Crippen LogP contribution in [0, 0.1) is 18.8 Å². The number of Topliss-reactive ketones (excluding diaryl/α,β-unsaturated/α-hetero) is 1. The zero-order valence-corrected chi connectivity index (χ0v) is 20.3. The molecule has 0 bridgehead atoms. The first kappa shape index (κ1) is 22.5. The highest BCUT2D eigenvalue weighted by Crippen LogP contribution is 2.19. The molecule has 0 atom stereocenters. The van der Waals surface area contributed by atoms with E-state index in [4.69, 9.17) is 0 Å². The van der Waals surface area contributed by atoms with Crippen LogP contribution in [0.3, 0.4) is 0 Å². The second-order valence-corrected chi connectivity index (χ2v) is 9.82. The zero-order chi connectivity index (χ0) is 23.5. The van der Waals surface area contributed by atoms with Crippen LogP contribution >= 0.6 is 11.3 Å². The van der Waals surface area contributed by atoms with Crippen LogP contribution in [0.15, 0.2) is 55.0 Å². The van der Waals surface area contributed by atoms with Crippen molar-refractivity contribution in [1.82, 2.24) is 24.2 Å². The van der Waals surface area contributed by atoms with Gasteiger partial charge in [-0.15, -0.1) is 11.3 Å². The number of carbonyl (C=O) groups is 1. The summed E-state index contributed by atoms with van der Waals surface area (Å²) in [5.74, 6) is 6.26.